The zero-order chi connectivity index (χ0) is 11.0. The van der Waals surface area contributed by atoms with Crippen molar-refractivity contribution < 1.29 is 14.7 Å². The molecule has 1 aromatic rings. The van der Waals surface area contributed by atoms with Gasteiger partial charge in [-0.25, -0.2) is 0 Å². The molecule has 15 heavy (non-hydrogen) atoms. The van der Waals surface area contributed by atoms with E-state index in [4.69, 9.17) is 5.11 Å². The summed E-state index contributed by atoms with van der Waals surface area (Å²) >= 11 is 0. The van der Waals surface area contributed by atoms with Gasteiger partial charge in [-0.1, -0.05) is 31.2 Å². The molecule has 0 amide bonds. The molecule has 0 aliphatic heterocycles. The molecule has 0 fully saturated rings. The third-order valence-electron chi connectivity index (χ3n) is 3.06. The van der Waals surface area contributed by atoms with Gasteiger partial charge in [0, 0.05) is 11.5 Å². The van der Waals surface area contributed by atoms with Crippen molar-refractivity contribution in [3.8, 4) is 0 Å². The lowest BCUT2D eigenvalue weighted by atomic mass is 9.76. The lowest BCUT2D eigenvalue weighted by Gasteiger charge is -2.26. The number of Topliss-reactive ketones (excluding diaryl/α,β-unsaturated/α-hetero) is 1. The maximum absolute atomic E-state index is 11.9. The van der Waals surface area contributed by atoms with Crippen molar-refractivity contribution in [3.05, 3.63) is 35.4 Å². The minimum Gasteiger partial charge on any atom is -0.481 e. The van der Waals surface area contributed by atoms with Gasteiger partial charge in [0.25, 0.3) is 0 Å². The Hall–Kier alpha value is -1.64. The predicted molar refractivity (Wildman–Crippen MR) is 54.8 cm³/mol. The second-order valence-electron chi connectivity index (χ2n) is 3.96. The van der Waals surface area contributed by atoms with Crippen molar-refractivity contribution >= 4 is 11.8 Å². The molecule has 0 spiro atoms. The van der Waals surface area contributed by atoms with Crippen molar-refractivity contribution in [1.82, 2.24) is 0 Å². The summed E-state index contributed by atoms with van der Waals surface area (Å²) in [7, 11) is 0. The van der Waals surface area contributed by atoms with Crippen molar-refractivity contribution in [3.63, 3.8) is 0 Å². The molecule has 3 heteroatoms. The summed E-state index contributed by atoms with van der Waals surface area (Å²) in [6, 6.07) is 7.24. The number of carbonyl (C=O) groups excluding carboxylic acids is 1. The van der Waals surface area contributed by atoms with Crippen LogP contribution in [0.1, 0.15) is 22.8 Å². The summed E-state index contributed by atoms with van der Waals surface area (Å²) in [5, 5.41) is 9.00. The first kappa shape index (κ1) is 9.90. The number of hydrogen-bond acceptors (Lipinski definition) is 2. The summed E-state index contributed by atoms with van der Waals surface area (Å²) in [5.41, 5.74) is 1.54. The lowest BCUT2D eigenvalue weighted by molar-refractivity contribution is -0.143. The molecule has 1 aromatic carbocycles. The van der Waals surface area contributed by atoms with Crippen LogP contribution in [0.25, 0.3) is 0 Å². The maximum Gasteiger partial charge on any atom is 0.307 e. The van der Waals surface area contributed by atoms with Gasteiger partial charge < -0.3 is 5.11 Å². The quantitative estimate of drug-likeness (QED) is 0.758. The summed E-state index contributed by atoms with van der Waals surface area (Å²) < 4.78 is 0. The molecule has 78 valence electrons. The minimum atomic E-state index is -0.884. The molecule has 0 saturated carbocycles. The number of carbonyl (C=O) groups is 2. The highest BCUT2D eigenvalue weighted by molar-refractivity contribution is 6.02. The van der Waals surface area contributed by atoms with Crippen LogP contribution in [0.3, 0.4) is 0 Å². The van der Waals surface area contributed by atoms with Gasteiger partial charge in [0.15, 0.2) is 5.78 Å². The highest BCUT2D eigenvalue weighted by atomic mass is 16.4. The van der Waals surface area contributed by atoms with E-state index in [1.807, 2.05) is 18.2 Å². The summed E-state index contributed by atoms with van der Waals surface area (Å²) in [4.78, 5) is 22.8. The molecule has 1 N–H and O–H groups in total. The monoisotopic (exact) mass is 204 g/mol. The Kier molecular flexibility index (Phi) is 2.31. The van der Waals surface area contributed by atoms with Crippen LogP contribution in [0.5, 0.6) is 0 Å². The molecule has 0 heterocycles. The fourth-order valence-corrected chi connectivity index (χ4v) is 2.08. The second-order valence-corrected chi connectivity index (χ2v) is 3.96. The summed E-state index contributed by atoms with van der Waals surface area (Å²) in [5.74, 6) is -1.93. The first-order valence-electron chi connectivity index (χ1n) is 4.96. The van der Waals surface area contributed by atoms with Gasteiger partial charge >= 0.3 is 5.97 Å². The average molecular weight is 204 g/mol. The number of hydrogen-bond donors (Lipinski definition) is 1. The number of ketones is 1. The molecule has 0 saturated heterocycles. The third-order valence-corrected chi connectivity index (χ3v) is 3.06. The average Bonchev–Trinajstić information content (AvgIpc) is 2.23. The fraction of sp³-hybridized carbons (Fsp3) is 0.333. The van der Waals surface area contributed by atoms with Crippen molar-refractivity contribution in [1.29, 1.82) is 0 Å². The zero-order valence-corrected chi connectivity index (χ0v) is 8.43. The van der Waals surface area contributed by atoms with E-state index in [1.54, 1.807) is 13.0 Å². The van der Waals surface area contributed by atoms with E-state index in [2.05, 4.69) is 0 Å². The van der Waals surface area contributed by atoms with E-state index >= 15 is 0 Å². The molecule has 1 aliphatic carbocycles. The number of carboxylic acid groups (broad SMARTS) is 1. The van der Waals surface area contributed by atoms with Gasteiger partial charge in [0.05, 0.1) is 5.92 Å². The Morgan fingerprint density at radius 2 is 2.07 bits per heavy atom. The molecular formula is C12H12O3. The highest BCUT2D eigenvalue weighted by Crippen LogP contribution is 2.29. The highest BCUT2D eigenvalue weighted by Gasteiger charge is 2.36. The number of fused-ring (bicyclic) bond motifs is 1. The molecule has 0 radical (unpaired) electrons. The van der Waals surface area contributed by atoms with Crippen molar-refractivity contribution in [2.75, 3.05) is 0 Å². The number of benzene rings is 1. The normalized spacial score (nSPS) is 24.7. The zero-order valence-electron chi connectivity index (χ0n) is 8.43. The van der Waals surface area contributed by atoms with E-state index in [0.29, 0.717) is 12.0 Å². The number of carboxylic acids is 1. The second kappa shape index (κ2) is 3.50. The molecule has 0 bridgehead atoms. The number of aliphatic carboxylic acids is 1. The van der Waals surface area contributed by atoms with Crippen LogP contribution in [0.4, 0.5) is 0 Å². The third kappa shape index (κ3) is 1.54. The maximum atomic E-state index is 11.9. The molecule has 3 nitrogen and oxygen atoms in total. The molecule has 0 unspecified atom stereocenters. The van der Waals surface area contributed by atoms with E-state index in [9.17, 15) is 9.59 Å². The topological polar surface area (TPSA) is 54.4 Å². The SMILES string of the molecule is C[C@H]1C(=O)c2ccccc2C[C@H]1C(=O)O. The smallest absolute Gasteiger partial charge is 0.307 e. The van der Waals surface area contributed by atoms with Gasteiger partial charge in [0.2, 0.25) is 0 Å². The van der Waals surface area contributed by atoms with Crippen molar-refractivity contribution in [2.24, 2.45) is 11.8 Å². The molecular weight excluding hydrogens is 192 g/mol. The van der Waals surface area contributed by atoms with Crippen LogP contribution in [-0.4, -0.2) is 16.9 Å². The van der Waals surface area contributed by atoms with E-state index in [-0.39, 0.29) is 5.78 Å². The Balaban J connectivity index is 2.45. The molecule has 2 rings (SSSR count). The van der Waals surface area contributed by atoms with Crippen LogP contribution >= 0.6 is 0 Å². The Labute approximate surface area is 87.7 Å². The molecule has 2 atom stereocenters. The van der Waals surface area contributed by atoms with Crippen LogP contribution in [0, 0.1) is 11.8 Å². The van der Waals surface area contributed by atoms with Gasteiger partial charge in [-0.2, -0.15) is 0 Å². The predicted octanol–water partition coefficient (Wildman–Crippen LogP) is 1.76. The van der Waals surface area contributed by atoms with Gasteiger partial charge in [-0.15, -0.1) is 0 Å². The van der Waals surface area contributed by atoms with Crippen LogP contribution in [-0.2, 0) is 11.2 Å². The lowest BCUT2D eigenvalue weighted by Crippen LogP contribution is -2.34. The molecule has 1 aliphatic rings. The van der Waals surface area contributed by atoms with Gasteiger partial charge in [-0.3, -0.25) is 9.59 Å². The Morgan fingerprint density at radius 3 is 2.73 bits per heavy atom. The largest absolute Gasteiger partial charge is 0.481 e. The summed E-state index contributed by atoms with van der Waals surface area (Å²) in [6.07, 6.45) is 0.457. The number of rotatable bonds is 1. The molecule has 0 aromatic heterocycles. The first-order valence-corrected chi connectivity index (χ1v) is 4.96. The van der Waals surface area contributed by atoms with Gasteiger partial charge in [-0.05, 0) is 12.0 Å². The standard InChI is InChI=1S/C12H12O3/c1-7-10(12(14)15)6-8-4-2-3-5-9(8)11(7)13/h2-5,7,10H,6H2,1H3,(H,14,15)/t7-,10-/m1/s1. The fourth-order valence-electron chi connectivity index (χ4n) is 2.08. The van der Waals surface area contributed by atoms with E-state index in [1.165, 1.54) is 0 Å². The van der Waals surface area contributed by atoms with E-state index < -0.39 is 17.8 Å². The van der Waals surface area contributed by atoms with Crippen LogP contribution in [0.15, 0.2) is 24.3 Å². The van der Waals surface area contributed by atoms with Crippen LogP contribution in [0.2, 0.25) is 0 Å². The van der Waals surface area contributed by atoms with Crippen molar-refractivity contribution in [2.45, 2.75) is 13.3 Å². The van der Waals surface area contributed by atoms with Gasteiger partial charge in [0.1, 0.15) is 0 Å². The Bertz CT molecular complexity index is 423. The first-order chi connectivity index (χ1) is 7.11. The van der Waals surface area contributed by atoms with E-state index in [0.717, 1.165) is 5.56 Å². The Morgan fingerprint density at radius 1 is 1.40 bits per heavy atom. The summed E-state index contributed by atoms with van der Waals surface area (Å²) in [6.45, 7) is 1.69. The minimum absolute atomic E-state index is 0.0516. The van der Waals surface area contributed by atoms with Crippen LogP contribution < -0.4 is 0 Å².